The third-order valence-corrected chi connectivity index (χ3v) is 6.15. The number of aromatic amines is 1. The number of amides is 1. The molecular weight excluding hydrogens is 394 g/mol. The number of nitrogens with one attached hydrogen (secondary N) is 2. The number of hydrogen-bond donors (Lipinski definition) is 2. The number of rotatable bonds is 5. The highest BCUT2D eigenvalue weighted by Crippen LogP contribution is 2.39. The fourth-order valence-corrected chi connectivity index (χ4v) is 4.66. The summed E-state index contributed by atoms with van der Waals surface area (Å²) in [6.45, 7) is 5.32. The Kier molecular flexibility index (Phi) is 5.94. The van der Waals surface area contributed by atoms with Gasteiger partial charge in [-0.1, -0.05) is 19.1 Å². The largest absolute Gasteiger partial charge is 0.494 e. The molecule has 0 saturated carbocycles. The van der Waals surface area contributed by atoms with E-state index in [4.69, 9.17) is 4.74 Å². The lowest BCUT2D eigenvalue weighted by Gasteiger charge is -2.36. The van der Waals surface area contributed by atoms with Crippen LogP contribution >= 0.6 is 0 Å². The minimum Gasteiger partial charge on any atom is -0.494 e. The molecular formula is C23H27N5O3. The molecule has 8 nitrogen and oxygen atoms in total. The van der Waals surface area contributed by atoms with Crippen LogP contribution in [-0.4, -0.2) is 35.1 Å². The van der Waals surface area contributed by atoms with Crippen LogP contribution in [0.2, 0.25) is 0 Å². The van der Waals surface area contributed by atoms with Crippen molar-refractivity contribution in [2.45, 2.75) is 51.5 Å². The van der Waals surface area contributed by atoms with Crippen LogP contribution in [0.1, 0.15) is 56.6 Å². The van der Waals surface area contributed by atoms with Gasteiger partial charge in [0, 0.05) is 18.5 Å². The van der Waals surface area contributed by atoms with Crippen LogP contribution in [0.5, 0.6) is 5.75 Å². The van der Waals surface area contributed by atoms with Gasteiger partial charge in [0.2, 0.25) is 11.9 Å². The second-order valence-corrected chi connectivity index (χ2v) is 7.98. The molecule has 3 atom stereocenters. The lowest BCUT2D eigenvalue weighted by Crippen LogP contribution is -2.43. The number of fused-ring (bicyclic) bond motifs is 1. The zero-order valence-electron chi connectivity index (χ0n) is 17.9. The summed E-state index contributed by atoms with van der Waals surface area (Å²) in [6.07, 6.45) is 4.19. The molecule has 8 heteroatoms. The van der Waals surface area contributed by atoms with Crippen molar-refractivity contribution in [3.05, 3.63) is 45.7 Å². The Morgan fingerprint density at radius 2 is 2.13 bits per heavy atom. The summed E-state index contributed by atoms with van der Waals surface area (Å²) in [5, 5.41) is 12.4. The molecule has 0 radical (unpaired) electrons. The fraction of sp³-hybridized carbons (Fsp3) is 0.478. The van der Waals surface area contributed by atoms with Crippen molar-refractivity contribution < 1.29 is 9.53 Å². The summed E-state index contributed by atoms with van der Waals surface area (Å²) in [6, 6.07) is 9.58. The first kappa shape index (κ1) is 20.9. The normalized spacial score (nSPS) is 22.9. The number of benzene rings is 1. The van der Waals surface area contributed by atoms with Crippen LogP contribution < -0.4 is 20.5 Å². The van der Waals surface area contributed by atoms with E-state index in [1.165, 1.54) is 0 Å². The highest BCUT2D eigenvalue weighted by Gasteiger charge is 2.40. The molecule has 1 amide bonds. The maximum absolute atomic E-state index is 13.3. The van der Waals surface area contributed by atoms with E-state index in [0.29, 0.717) is 35.5 Å². The average molecular weight is 422 g/mol. The molecule has 2 aliphatic rings. The van der Waals surface area contributed by atoms with Crippen LogP contribution in [0.15, 0.2) is 29.1 Å². The third kappa shape index (κ3) is 3.88. The highest BCUT2D eigenvalue weighted by atomic mass is 16.5. The number of carbonyl (C=O) groups is 1. The Balaban J connectivity index is 1.82. The van der Waals surface area contributed by atoms with Crippen LogP contribution in [0.25, 0.3) is 0 Å². The van der Waals surface area contributed by atoms with Crippen molar-refractivity contribution in [3.63, 3.8) is 0 Å². The van der Waals surface area contributed by atoms with E-state index in [-0.39, 0.29) is 11.4 Å². The summed E-state index contributed by atoms with van der Waals surface area (Å²) >= 11 is 0. The average Bonchev–Trinajstić information content (AvgIpc) is 2.78. The van der Waals surface area contributed by atoms with Gasteiger partial charge in [0.25, 0.3) is 5.56 Å². The van der Waals surface area contributed by atoms with Crippen LogP contribution in [0.4, 0.5) is 11.8 Å². The van der Waals surface area contributed by atoms with Gasteiger partial charge in [0.15, 0.2) is 0 Å². The number of aromatic nitrogens is 2. The summed E-state index contributed by atoms with van der Waals surface area (Å²) in [5.74, 6) is -0.851. The molecule has 3 heterocycles. The SMILES string of the molecule is CCOc1cccc(C2c3c(nc(N4CCCCC4CC)[nH]c3=O)NC(=O)C2C#N)c1. The Hall–Kier alpha value is -3.34. The number of nitriles is 1. The number of anilines is 2. The van der Waals surface area contributed by atoms with Crippen molar-refractivity contribution in [2.24, 2.45) is 5.92 Å². The molecule has 4 rings (SSSR count). The molecule has 2 aromatic rings. The van der Waals surface area contributed by atoms with E-state index in [2.05, 4.69) is 33.2 Å². The van der Waals surface area contributed by atoms with Gasteiger partial charge in [-0.2, -0.15) is 10.2 Å². The first-order chi connectivity index (χ1) is 15.1. The predicted octanol–water partition coefficient (Wildman–Crippen LogP) is 3.16. The second kappa shape index (κ2) is 8.80. The van der Waals surface area contributed by atoms with Crippen LogP contribution in [0, 0.1) is 17.2 Å². The fourth-order valence-electron chi connectivity index (χ4n) is 4.66. The van der Waals surface area contributed by atoms with Gasteiger partial charge in [-0.25, -0.2) is 0 Å². The van der Waals surface area contributed by atoms with Gasteiger partial charge in [-0.15, -0.1) is 0 Å². The molecule has 3 unspecified atom stereocenters. The monoisotopic (exact) mass is 421 g/mol. The van der Waals surface area contributed by atoms with E-state index in [1.807, 2.05) is 19.1 Å². The number of hydrogen-bond acceptors (Lipinski definition) is 6. The van der Waals surface area contributed by atoms with Crippen molar-refractivity contribution in [3.8, 4) is 11.8 Å². The first-order valence-electron chi connectivity index (χ1n) is 10.9. The summed E-state index contributed by atoms with van der Waals surface area (Å²) in [5.41, 5.74) is 0.666. The van der Waals surface area contributed by atoms with Crippen molar-refractivity contribution >= 4 is 17.7 Å². The molecule has 1 fully saturated rings. The quantitative estimate of drug-likeness (QED) is 0.767. The molecule has 2 aliphatic heterocycles. The molecule has 0 bridgehead atoms. The molecule has 0 aliphatic carbocycles. The summed E-state index contributed by atoms with van der Waals surface area (Å²) < 4.78 is 5.58. The zero-order valence-corrected chi connectivity index (χ0v) is 17.9. The lowest BCUT2D eigenvalue weighted by molar-refractivity contribution is -0.119. The van der Waals surface area contributed by atoms with E-state index in [1.54, 1.807) is 12.1 Å². The molecule has 162 valence electrons. The summed E-state index contributed by atoms with van der Waals surface area (Å²) in [7, 11) is 0. The van der Waals surface area contributed by atoms with Gasteiger partial charge < -0.3 is 15.0 Å². The van der Waals surface area contributed by atoms with Gasteiger partial charge in [0.05, 0.1) is 18.2 Å². The van der Waals surface area contributed by atoms with Gasteiger partial charge >= 0.3 is 0 Å². The predicted molar refractivity (Wildman–Crippen MR) is 117 cm³/mol. The lowest BCUT2D eigenvalue weighted by atomic mass is 9.79. The molecule has 2 N–H and O–H groups in total. The van der Waals surface area contributed by atoms with E-state index in [0.717, 1.165) is 32.2 Å². The van der Waals surface area contributed by atoms with Gasteiger partial charge in [-0.05, 0) is 50.3 Å². The molecule has 31 heavy (non-hydrogen) atoms. The molecule has 1 aromatic carbocycles. The minimum absolute atomic E-state index is 0.238. The second-order valence-electron chi connectivity index (χ2n) is 7.98. The van der Waals surface area contributed by atoms with Crippen LogP contribution in [-0.2, 0) is 4.79 Å². The van der Waals surface area contributed by atoms with Gasteiger partial charge in [-0.3, -0.25) is 14.6 Å². The first-order valence-corrected chi connectivity index (χ1v) is 10.9. The van der Waals surface area contributed by atoms with E-state index >= 15 is 0 Å². The number of nitrogens with zero attached hydrogens (tertiary/aromatic N) is 3. The maximum Gasteiger partial charge on any atom is 0.258 e. The van der Waals surface area contributed by atoms with Crippen molar-refractivity contribution in [2.75, 3.05) is 23.4 Å². The highest BCUT2D eigenvalue weighted by molar-refractivity contribution is 5.98. The molecule has 1 saturated heterocycles. The van der Waals surface area contributed by atoms with Crippen molar-refractivity contribution in [1.82, 2.24) is 9.97 Å². The Morgan fingerprint density at radius 1 is 1.29 bits per heavy atom. The number of carbonyl (C=O) groups excluding carboxylic acids is 1. The third-order valence-electron chi connectivity index (χ3n) is 6.15. The number of piperidine rings is 1. The van der Waals surface area contributed by atoms with E-state index < -0.39 is 17.7 Å². The Bertz CT molecular complexity index is 1070. The minimum atomic E-state index is -1.03. The number of H-pyrrole nitrogens is 1. The smallest absolute Gasteiger partial charge is 0.258 e. The Morgan fingerprint density at radius 3 is 2.87 bits per heavy atom. The van der Waals surface area contributed by atoms with Gasteiger partial charge in [0.1, 0.15) is 17.5 Å². The number of ether oxygens (including phenoxy) is 1. The van der Waals surface area contributed by atoms with E-state index in [9.17, 15) is 14.9 Å². The topological polar surface area (TPSA) is 111 Å². The molecule has 0 spiro atoms. The van der Waals surface area contributed by atoms with Crippen LogP contribution in [0.3, 0.4) is 0 Å². The van der Waals surface area contributed by atoms with Crippen molar-refractivity contribution in [1.29, 1.82) is 5.26 Å². The maximum atomic E-state index is 13.3. The standard InChI is InChI=1S/C23H27N5O3/c1-3-15-9-5-6-11-28(15)23-26-20-19(22(30)27-23)18(17(13-24)21(29)25-20)14-8-7-10-16(12-14)31-4-2/h7-8,10,12,15,17-18H,3-6,9,11H2,1-2H3,(H2,25,26,27,29,30). The summed E-state index contributed by atoms with van der Waals surface area (Å²) in [4.78, 5) is 35.7. The molecule has 1 aromatic heterocycles. The Labute approximate surface area is 181 Å². The zero-order chi connectivity index (χ0) is 22.0.